The van der Waals surface area contributed by atoms with Crippen molar-refractivity contribution in [3.63, 3.8) is 0 Å². The first-order valence-corrected chi connectivity index (χ1v) is 6.75. The monoisotopic (exact) mass is 212 g/mol. The van der Waals surface area contributed by atoms with Gasteiger partial charge >= 0.3 is 0 Å². The molecule has 2 saturated heterocycles. The van der Waals surface area contributed by atoms with Crippen LogP contribution >= 0.6 is 11.8 Å². The highest BCUT2D eigenvalue weighted by Gasteiger charge is 2.49. The van der Waals surface area contributed by atoms with Gasteiger partial charge in [0.2, 0.25) is 0 Å². The smallest absolute Gasteiger partial charge is 0.0791 e. The van der Waals surface area contributed by atoms with Gasteiger partial charge in [-0.2, -0.15) is 0 Å². The summed E-state index contributed by atoms with van der Waals surface area (Å²) in [5, 5.41) is 3.84. The van der Waals surface area contributed by atoms with Gasteiger partial charge in [-0.25, -0.2) is 0 Å². The number of likely N-dealkylation sites (tertiary alicyclic amines) is 1. The van der Waals surface area contributed by atoms with Crippen LogP contribution in [0.5, 0.6) is 0 Å². The van der Waals surface area contributed by atoms with Crippen molar-refractivity contribution >= 4 is 11.8 Å². The van der Waals surface area contributed by atoms with Crippen LogP contribution in [0.2, 0.25) is 0 Å². The van der Waals surface area contributed by atoms with Crippen LogP contribution in [0, 0.1) is 0 Å². The Bertz CT molecular complexity index is 250. The van der Waals surface area contributed by atoms with E-state index in [1.165, 1.54) is 38.1 Å². The molecular formula is C11H20N2S. The highest BCUT2D eigenvalue weighted by Crippen LogP contribution is 2.44. The van der Waals surface area contributed by atoms with E-state index in [0.29, 0.717) is 10.4 Å². The Morgan fingerprint density at radius 1 is 1.36 bits per heavy atom. The van der Waals surface area contributed by atoms with Crippen molar-refractivity contribution in [2.45, 2.75) is 49.6 Å². The number of hydrogen-bond acceptors (Lipinski definition) is 3. The largest absolute Gasteiger partial charge is 0.298 e. The van der Waals surface area contributed by atoms with Crippen molar-refractivity contribution in [2.24, 2.45) is 0 Å². The molecule has 2 aliphatic heterocycles. The topological polar surface area (TPSA) is 15.3 Å². The molecular weight excluding hydrogens is 192 g/mol. The van der Waals surface area contributed by atoms with Crippen LogP contribution < -0.4 is 5.32 Å². The van der Waals surface area contributed by atoms with Crippen LogP contribution in [0.3, 0.4) is 0 Å². The Labute approximate surface area is 90.8 Å². The van der Waals surface area contributed by atoms with Crippen molar-refractivity contribution in [2.75, 3.05) is 18.8 Å². The molecule has 0 aromatic rings. The van der Waals surface area contributed by atoms with Crippen molar-refractivity contribution in [1.29, 1.82) is 0 Å². The molecule has 1 aliphatic carbocycles. The molecule has 3 aliphatic rings. The summed E-state index contributed by atoms with van der Waals surface area (Å²) in [5.74, 6) is 1.27. The minimum atomic E-state index is 0.351. The van der Waals surface area contributed by atoms with Crippen LogP contribution in [-0.2, 0) is 0 Å². The molecule has 1 spiro atoms. The second-order valence-corrected chi connectivity index (χ2v) is 7.10. The lowest BCUT2D eigenvalue weighted by Gasteiger charge is -2.27. The van der Waals surface area contributed by atoms with Crippen LogP contribution in [0.25, 0.3) is 0 Å². The number of nitrogens with one attached hydrogen (secondary N) is 1. The number of nitrogens with zero attached hydrogens (tertiary/aromatic N) is 1. The third kappa shape index (κ3) is 1.59. The van der Waals surface area contributed by atoms with Gasteiger partial charge in [-0.15, -0.1) is 11.8 Å². The van der Waals surface area contributed by atoms with Gasteiger partial charge in [0.1, 0.15) is 0 Å². The quantitative estimate of drug-likeness (QED) is 0.712. The average molecular weight is 212 g/mol. The Hall–Kier alpha value is 0.270. The first-order valence-electron chi connectivity index (χ1n) is 5.76. The Balaban J connectivity index is 1.68. The summed E-state index contributed by atoms with van der Waals surface area (Å²) in [6.45, 7) is 7.26. The van der Waals surface area contributed by atoms with E-state index in [1.54, 1.807) is 0 Å². The molecule has 0 aromatic heterocycles. The summed E-state index contributed by atoms with van der Waals surface area (Å²) < 4.78 is 0. The van der Waals surface area contributed by atoms with Crippen LogP contribution in [0.4, 0.5) is 0 Å². The summed E-state index contributed by atoms with van der Waals surface area (Å²) in [6.07, 6.45) is 4.24. The maximum atomic E-state index is 3.84. The zero-order chi connectivity index (χ0) is 9.81. The molecule has 0 amide bonds. The van der Waals surface area contributed by atoms with Crippen LogP contribution in [0.1, 0.15) is 33.1 Å². The summed E-state index contributed by atoms with van der Waals surface area (Å²) in [7, 11) is 0. The molecule has 1 unspecified atom stereocenters. The maximum absolute atomic E-state index is 3.84. The molecule has 3 rings (SSSR count). The first kappa shape index (κ1) is 9.49. The molecule has 0 radical (unpaired) electrons. The van der Waals surface area contributed by atoms with E-state index >= 15 is 0 Å². The SMILES string of the molecule is CC1(C)CSC2(CCN(C3CC3)C2)N1. The second kappa shape index (κ2) is 2.89. The van der Waals surface area contributed by atoms with Gasteiger partial charge in [0.05, 0.1) is 4.87 Å². The van der Waals surface area contributed by atoms with E-state index in [4.69, 9.17) is 0 Å². The van der Waals surface area contributed by atoms with E-state index in [2.05, 4.69) is 35.8 Å². The van der Waals surface area contributed by atoms with Gasteiger partial charge in [0.25, 0.3) is 0 Å². The number of thioether (sulfide) groups is 1. The molecule has 1 atom stereocenters. The molecule has 0 aromatic carbocycles. The summed E-state index contributed by atoms with van der Waals surface area (Å²) >= 11 is 2.16. The summed E-state index contributed by atoms with van der Waals surface area (Å²) in [6, 6.07) is 0.945. The number of rotatable bonds is 1. The van der Waals surface area contributed by atoms with Gasteiger partial charge in [0.15, 0.2) is 0 Å². The predicted molar refractivity (Wildman–Crippen MR) is 61.6 cm³/mol. The maximum Gasteiger partial charge on any atom is 0.0791 e. The van der Waals surface area contributed by atoms with Crippen LogP contribution in [-0.4, -0.2) is 40.2 Å². The highest BCUT2D eigenvalue weighted by molar-refractivity contribution is 8.01. The van der Waals surface area contributed by atoms with Crippen molar-refractivity contribution in [3.8, 4) is 0 Å². The van der Waals surface area contributed by atoms with E-state index in [0.717, 1.165) is 6.04 Å². The standard InChI is InChI=1S/C11H20N2S/c1-10(2)8-14-11(12-10)5-6-13(7-11)9-3-4-9/h9,12H,3-8H2,1-2H3. The zero-order valence-corrected chi connectivity index (χ0v) is 9.99. The molecule has 3 heteroatoms. The molecule has 3 fully saturated rings. The van der Waals surface area contributed by atoms with Gasteiger partial charge in [-0.05, 0) is 33.1 Å². The van der Waals surface area contributed by atoms with E-state index in [9.17, 15) is 0 Å². The predicted octanol–water partition coefficient (Wildman–Crippen LogP) is 1.67. The van der Waals surface area contributed by atoms with E-state index < -0.39 is 0 Å². The average Bonchev–Trinajstić information content (AvgIpc) is 2.82. The lowest BCUT2D eigenvalue weighted by Crippen LogP contribution is -2.48. The lowest BCUT2D eigenvalue weighted by molar-refractivity contribution is 0.298. The summed E-state index contributed by atoms with van der Waals surface area (Å²) in [5.41, 5.74) is 0.351. The molecule has 2 nitrogen and oxygen atoms in total. The number of hydrogen-bond donors (Lipinski definition) is 1. The highest BCUT2D eigenvalue weighted by atomic mass is 32.2. The Morgan fingerprint density at radius 3 is 2.71 bits per heavy atom. The zero-order valence-electron chi connectivity index (χ0n) is 9.18. The van der Waals surface area contributed by atoms with Crippen molar-refractivity contribution in [1.82, 2.24) is 10.2 Å². The Morgan fingerprint density at radius 2 is 2.14 bits per heavy atom. The Kier molecular flexibility index (Phi) is 1.96. The summed E-state index contributed by atoms with van der Waals surface area (Å²) in [4.78, 5) is 3.10. The lowest BCUT2D eigenvalue weighted by atomic mass is 10.1. The van der Waals surface area contributed by atoms with Gasteiger partial charge in [0, 0.05) is 30.4 Å². The molecule has 14 heavy (non-hydrogen) atoms. The van der Waals surface area contributed by atoms with E-state index in [1.807, 2.05) is 0 Å². The molecule has 2 heterocycles. The fourth-order valence-electron chi connectivity index (χ4n) is 2.79. The third-order valence-corrected chi connectivity index (χ3v) is 5.45. The first-order chi connectivity index (χ1) is 6.59. The fourth-order valence-corrected chi connectivity index (χ4v) is 4.34. The van der Waals surface area contributed by atoms with Gasteiger partial charge in [-0.3, -0.25) is 10.2 Å². The molecule has 1 N–H and O–H groups in total. The molecule has 1 saturated carbocycles. The molecule has 80 valence electrons. The molecule has 0 bridgehead atoms. The van der Waals surface area contributed by atoms with Crippen molar-refractivity contribution < 1.29 is 0 Å². The van der Waals surface area contributed by atoms with Crippen LogP contribution in [0.15, 0.2) is 0 Å². The fraction of sp³-hybridized carbons (Fsp3) is 1.00. The minimum absolute atomic E-state index is 0.351. The normalized spacial score (nSPS) is 42.4. The van der Waals surface area contributed by atoms with E-state index in [-0.39, 0.29) is 0 Å². The van der Waals surface area contributed by atoms with Crippen molar-refractivity contribution in [3.05, 3.63) is 0 Å². The second-order valence-electron chi connectivity index (χ2n) is 5.74. The van der Waals surface area contributed by atoms with Gasteiger partial charge < -0.3 is 0 Å². The van der Waals surface area contributed by atoms with Gasteiger partial charge in [-0.1, -0.05) is 0 Å². The third-order valence-electron chi connectivity index (χ3n) is 3.60. The minimum Gasteiger partial charge on any atom is -0.298 e.